The molecular formula is C14H24N4O. The summed E-state index contributed by atoms with van der Waals surface area (Å²) in [4.78, 5) is 20.4. The second-order valence-electron chi connectivity index (χ2n) is 4.86. The van der Waals surface area contributed by atoms with E-state index in [4.69, 9.17) is 0 Å². The van der Waals surface area contributed by atoms with Crippen molar-refractivity contribution in [2.75, 3.05) is 11.9 Å². The monoisotopic (exact) mass is 264 g/mol. The zero-order chi connectivity index (χ0) is 14.3. The number of hydrogen-bond acceptors (Lipinski definition) is 4. The number of aromatic nitrogens is 2. The second-order valence-corrected chi connectivity index (χ2v) is 4.86. The van der Waals surface area contributed by atoms with Crippen LogP contribution in [0.25, 0.3) is 0 Å². The van der Waals surface area contributed by atoms with Crippen LogP contribution in [0.2, 0.25) is 0 Å². The van der Waals surface area contributed by atoms with Gasteiger partial charge in [-0.3, -0.25) is 9.78 Å². The molecule has 0 aliphatic carbocycles. The fourth-order valence-electron chi connectivity index (χ4n) is 1.59. The largest absolute Gasteiger partial charge is 0.369 e. The Labute approximate surface area is 115 Å². The van der Waals surface area contributed by atoms with E-state index in [-0.39, 0.29) is 11.9 Å². The molecule has 2 unspecified atom stereocenters. The summed E-state index contributed by atoms with van der Waals surface area (Å²) >= 11 is 0. The van der Waals surface area contributed by atoms with Crippen molar-refractivity contribution in [2.45, 2.75) is 46.6 Å². The fraction of sp³-hybridized carbons (Fsp3) is 0.643. The normalized spacial score (nSPS) is 13.7. The Bertz CT molecular complexity index is 408. The number of hydrogen-bond donors (Lipinski definition) is 2. The Morgan fingerprint density at radius 2 is 2.05 bits per heavy atom. The number of amides is 1. The lowest BCUT2D eigenvalue weighted by Crippen LogP contribution is -2.37. The molecule has 0 aromatic carbocycles. The van der Waals surface area contributed by atoms with Crippen molar-refractivity contribution in [1.29, 1.82) is 0 Å². The highest BCUT2D eigenvalue weighted by Gasteiger charge is 2.15. The third kappa shape index (κ3) is 4.85. The lowest BCUT2D eigenvalue weighted by Gasteiger charge is -2.19. The molecule has 2 atom stereocenters. The molecule has 1 aromatic heterocycles. The molecule has 0 radical (unpaired) electrons. The van der Waals surface area contributed by atoms with E-state index in [1.807, 2.05) is 6.92 Å². The van der Waals surface area contributed by atoms with E-state index in [9.17, 15) is 4.79 Å². The topological polar surface area (TPSA) is 66.9 Å². The first kappa shape index (κ1) is 15.4. The van der Waals surface area contributed by atoms with Gasteiger partial charge in [0.05, 0.1) is 12.4 Å². The van der Waals surface area contributed by atoms with Gasteiger partial charge in [-0.25, -0.2) is 4.98 Å². The first-order chi connectivity index (χ1) is 9.08. The molecule has 5 heteroatoms. The van der Waals surface area contributed by atoms with Gasteiger partial charge < -0.3 is 10.6 Å². The molecule has 1 amide bonds. The summed E-state index contributed by atoms with van der Waals surface area (Å²) in [6, 6.07) is 0.131. The van der Waals surface area contributed by atoms with Crippen molar-refractivity contribution in [3.8, 4) is 0 Å². The summed E-state index contributed by atoms with van der Waals surface area (Å²) in [6.07, 6.45) is 5.16. The van der Waals surface area contributed by atoms with E-state index < -0.39 is 0 Å². The van der Waals surface area contributed by atoms with Crippen molar-refractivity contribution in [2.24, 2.45) is 5.92 Å². The van der Waals surface area contributed by atoms with Crippen LogP contribution < -0.4 is 10.6 Å². The zero-order valence-corrected chi connectivity index (χ0v) is 12.2. The van der Waals surface area contributed by atoms with Crippen molar-refractivity contribution in [1.82, 2.24) is 15.3 Å². The first-order valence-corrected chi connectivity index (χ1v) is 6.95. The highest BCUT2D eigenvalue weighted by Crippen LogP contribution is 2.08. The van der Waals surface area contributed by atoms with E-state index in [1.54, 1.807) is 6.20 Å². The number of nitrogens with zero attached hydrogens (tertiary/aromatic N) is 2. The van der Waals surface area contributed by atoms with Crippen LogP contribution in [-0.2, 0) is 0 Å². The quantitative estimate of drug-likeness (QED) is 0.794. The molecule has 0 fully saturated rings. The molecule has 1 rings (SSSR count). The summed E-state index contributed by atoms with van der Waals surface area (Å²) in [5.74, 6) is 0.921. The van der Waals surface area contributed by atoms with Gasteiger partial charge in [0.1, 0.15) is 11.5 Å². The summed E-state index contributed by atoms with van der Waals surface area (Å²) < 4.78 is 0. The molecule has 19 heavy (non-hydrogen) atoms. The number of carbonyl (C=O) groups is 1. The van der Waals surface area contributed by atoms with Crippen molar-refractivity contribution in [3.05, 3.63) is 18.1 Å². The van der Waals surface area contributed by atoms with E-state index in [0.717, 1.165) is 19.4 Å². The minimum atomic E-state index is -0.166. The van der Waals surface area contributed by atoms with Crippen LogP contribution >= 0.6 is 0 Å². The molecule has 0 bridgehead atoms. The molecule has 5 nitrogen and oxygen atoms in total. The number of anilines is 1. The van der Waals surface area contributed by atoms with Crippen molar-refractivity contribution < 1.29 is 4.79 Å². The number of carbonyl (C=O) groups excluding carboxylic acids is 1. The number of rotatable bonds is 7. The third-order valence-corrected chi connectivity index (χ3v) is 3.28. The second kappa shape index (κ2) is 7.71. The summed E-state index contributed by atoms with van der Waals surface area (Å²) in [5.41, 5.74) is 0.358. The maximum Gasteiger partial charge on any atom is 0.271 e. The zero-order valence-electron chi connectivity index (χ0n) is 12.2. The van der Waals surface area contributed by atoms with E-state index in [1.165, 1.54) is 6.20 Å². The van der Waals surface area contributed by atoms with Gasteiger partial charge in [0, 0.05) is 12.6 Å². The molecule has 1 aromatic rings. The maximum absolute atomic E-state index is 12.1. The Kier molecular flexibility index (Phi) is 6.25. The van der Waals surface area contributed by atoms with E-state index in [0.29, 0.717) is 17.4 Å². The van der Waals surface area contributed by atoms with Gasteiger partial charge >= 0.3 is 0 Å². The van der Waals surface area contributed by atoms with Gasteiger partial charge in [-0.1, -0.05) is 27.2 Å². The van der Waals surface area contributed by atoms with Crippen LogP contribution in [0.1, 0.15) is 51.0 Å². The highest BCUT2D eigenvalue weighted by molar-refractivity contribution is 5.92. The van der Waals surface area contributed by atoms with Gasteiger partial charge in [0.15, 0.2) is 0 Å². The van der Waals surface area contributed by atoms with Crippen LogP contribution in [0, 0.1) is 5.92 Å². The molecule has 0 aliphatic rings. The van der Waals surface area contributed by atoms with Crippen LogP contribution in [0.4, 0.5) is 5.82 Å². The third-order valence-electron chi connectivity index (χ3n) is 3.28. The van der Waals surface area contributed by atoms with Crippen LogP contribution in [0.15, 0.2) is 12.4 Å². The molecule has 0 aliphatic heterocycles. The predicted molar refractivity (Wildman–Crippen MR) is 77.2 cm³/mol. The van der Waals surface area contributed by atoms with Crippen LogP contribution in [-0.4, -0.2) is 28.5 Å². The fourth-order valence-corrected chi connectivity index (χ4v) is 1.59. The van der Waals surface area contributed by atoms with Crippen LogP contribution in [0.3, 0.4) is 0 Å². The Morgan fingerprint density at radius 3 is 2.68 bits per heavy atom. The molecule has 2 N–H and O–H groups in total. The molecule has 0 saturated carbocycles. The van der Waals surface area contributed by atoms with Gasteiger partial charge in [0.2, 0.25) is 0 Å². The molecule has 0 saturated heterocycles. The minimum absolute atomic E-state index is 0.131. The molecular weight excluding hydrogens is 240 g/mol. The van der Waals surface area contributed by atoms with Gasteiger partial charge in [-0.15, -0.1) is 0 Å². The summed E-state index contributed by atoms with van der Waals surface area (Å²) in [5, 5.41) is 6.08. The lowest BCUT2D eigenvalue weighted by molar-refractivity contribution is 0.0922. The predicted octanol–water partition coefficient (Wildman–Crippen LogP) is 2.46. The Balaban J connectivity index is 2.66. The minimum Gasteiger partial charge on any atom is -0.369 e. The highest BCUT2D eigenvalue weighted by atomic mass is 16.1. The lowest BCUT2D eigenvalue weighted by atomic mass is 10.0. The standard InChI is InChI=1S/C14H24N4O/c1-5-7-16-13-9-15-8-12(18-13)14(19)17-11(4)10(3)6-2/h8-11H,5-7H2,1-4H3,(H,16,18)(H,17,19). The Morgan fingerprint density at radius 1 is 1.32 bits per heavy atom. The Hall–Kier alpha value is -1.65. The van der Waals surface area contributed by atoms with Gasteiger partial charge in [-0.2, -0.15) is 0 Å². The van der Waals surface area contributed by atoms with Gasteiger partial charge in [0.25, 0.3) is 5.91 Å². The number of nitrogens with one attached hydrogen (secondary N) is 2. The molecule has 106 valence electrons. The SMILES string of the molecule is CCCNc1cncc(C(=O)NC(C)C(C)CC)n1. The molecule has 1 heterocycles. The van der Waals surface area contributed by atoms with Crippen LogP contribution in [0.5, 0.6) is 0 Å². The smallest absolute Gasteiger partial charge is 0.271 e. The first-order valence-electron chi connectivity index (χ1n) is 6.95. The molecule has 0 spiro atoms. The van der Waals surface area contributed by atoms with E-state index >= 15 is 0 Å². The average molecular weight is 264 g/mol. The maximum atomic E-state index is 12.1. The summed E-state index contributed by atoms with van der Waals surface area (Å²) in [6.45, 7) is 9.14. The van der Waals surface area contributed by atoms with Crippen molar-refractivity contribution in [3.63, 3.8) is 0 Å². The van der Waals surface area contributed by atoms with E-state index in [2.05, 4.69) is 41.4 Å². The average Bonchev–Trinajstić information content (AvgIpc) is 2.44. The summed E-state index contributed by atoms with van der Waals surface area (Å²) in [7, 11) is 0. The van der Waals surface area contributed by atoms with Gasteiger partial charge in [-0.05, 0) is 19.3 Å². The van der Waals surface area contributed by atoms with Crippen molar-refractivity contribution >= 4 is 11.7 Å².